The number of hydrogen-bond acceptors (Lipinski definition) is 5. The SMILES string of the molecule is CCn1nc(C)c([N+](=O)[O-])c1OCC1CCCN1. The van der Waals surface area contributed by atoms with Gasteiger partial charge in [0.15, 0.2) is 0 Å². The van der Waals surface area contributed by atoms with E-state index in [-0.39, 0.29) is 17.6 Å². The predicted molar refractivity (Wildman–Crippen MR) is 65.8 cm³/mol. The van der Waals surface area contributed by atoms with Crippen LogP contribution in [0.3, 0.4) is 0 Å². The molecule has 1 aromatic rings. The van der Waals surface area contributed by atoms with E-state index in [4.69, 9.17) is 4.74 Å². The van der Waals surface area contributed by atoms with Crippen LogP contribution in [0, 0.1) is 17.0 Å². The molecular formula is C11H18N4O3. The summed E-state index contributed by atoms with van der Waals surface area (Å²) < 4.78 is 7.17. The lowest BCUT2D eigenvalue weighted by Gasteiger charge is -2.12. The third kappa shape index (κ3) is 2.45. The zero-order valence-electron chi connectivity index (χ0n) is 10.7. The number of nitrogens with one attached hydrogen (secondary N) is 1. The van der Waals surface area contributed by atoms with Crippen LogP contribution in [0.2, 0.25) is 0 Å². The van der Waals surface area contributed by atoms with Gasteiger partial charge in [-0.25, -0.2) is 4.68 Å². The highest BCUT2D eigenvalue weighted by atomic mass is 16.6. The van der Waals surface area contributed by atoms with Crippen LogP contribution < -0.4 is 10.1 Å². The smallest absolute Gasteiger partial charge is 0.353 e. The maximum absolute atomic E-state index is 11.0. The molecule has 0 saturated carbocycles. The Kier molecular flexibility index (Phi) is 3.81. The van der Waals surface area contributed by atoms with Crippen molar-refractivity contribution < 1.29 is 9.66 Å². The van der Waals surface area contributed by atoms with E-state index < -0.39 is 4.92 Å². The van der Waals surface area contributed by atoms with E-state index in [1.807, 2.05) is 6.92 Å². The quantitative estimate of drug-likeness (QED) is 0.631. The van der Waals surface area contributed by atoms with Gasteiger partial charge in [0, 0.05) is 12.6 Å². The largest absolute Gasteiger partial charge is 0.471 e. The minimum Gasteiger partial charge on any atom is -0.471 e. The molecule has 0 amide bonds. The van der Waals surface area contributed by atoms with Gasteiger partial charge in [-0.3, -0.25) is 10.1 Å². The third-order valence-corrected chi connectivity index (χ3v) is 3.12. The minimum atomic E-state index is -0.425. The number of nitrogens with zero attached hydrogens (tertiary/aromatic N) is 3. The Morgan fingerprint density at radius 3 is 3.00 bits per heavy atom. The maximum Gasteiger partial charge on any atom is 0.353 e. The first-order valence-corrected chi connectivity index (χ1v) is 6.21. The van der Waals surface area contributed by atoms with Crippen LogP contribution >= 0.6 is 0 Å². The standard InChI is InChI=1S/C11H18N4O3/c1-3-14-11(10(15(16)17)8(2)13-14)18-7-9-5-4-6-12-9/h9,12H,3-7H2,1-2H3. The van der Waals surface area contributed by atoms with E-state index in [1.165, 1.54) is 0 Å². The summed E-state index contributed by atoms with van der Waals surface area (Å²) in [6.07, 6.45) is 2.18. The molecular weight excluding hydrogens is 236 g/mol. The summed E-state index contributed by atoms with van der Waals surface area (Å²) >= 11 is 0. The number of rotatable bonds is 5. The number of hydrogen-bond donors (Lipinski definition) is 1. The molecule has 0 spiro atoms. The molecule has 100 valence electrons. The molecule has 18 heavy (non-hydrogen) atoms. The summed E-state index contributed by atoms with van der Waals surface area (Å²) in [5, 5.41) is 18.4. The first-order valence-electron chi connectivity index (χ1n) is 6.21. The molecule has 0 aliphatic carbocycles. The van der Waals surface area contributed by atoms with Crippen molar-refractivity contribution in [2.45, 2.75) is 39.3 Å². The van der Waals surface area contributed by atoms with Crippen molar-refractivity contribution in [3.05, 3.63) is 15.8 Å². The number of nitro groups is 1. The highest BCUT2D eigenvalue weighted by Gasteiger charge is 2.27. The molecule has 1 aliphatic heterocycles. The van der Waals surface area contributed by atoms with Crippen molar-refractivity contribution in [3.8, 4) is 5.88 Å². The summed E-state index contributed by atoms with van der Waals surface area (Å²) in [4.78, 5) is 10.6. The van der Waals surface area contributed by atoms with Gasteiger partial charge in [-0.05, 0) is 33.2 Å². The van der Waals surface area contributed by atoms with Crippen LogP contribution in [0.5, 0.6) is 5.88 Å². The highest BCUT2D eigenvalue weighted by Crippen LogP contribution is 2.30. The number of aryl methyl sites for hydroxylation is 2. The van der Waals surface area contributed by atoms with E-state index >= 15 is 0 Å². The lowest BCUT2D eigenvalue weighted by atomic mass is 10.2. The summed E-state index contributed by atoms with van der Waals surface area (Å²) in [5.41, 5.74) is 0.381. The lowest BCUT2D eigenvalue weighted by molar-refractivity contribution is -0.386. The van der Waals surface area contributed by atoms with Crippen LogP contribution in [0.25, 0.3) is 0 Å². The van der Waals surface area contributed by atoms with Gasteiger partial charge in [0.05, 0.1) is 4.92 Å². The molecule has 0 radical (unpaired) electrons. The van der Waals surface area contributed by atoms with Gasteiger partial charge in [0.25, 0.3) is 5.88 Å². The topological polar surface area (TPSA) is 82.2 Å². The van der Waals surface area contributed by atoms with Gasteiger partial charge >= 0.3 is 5.69 Å². The van der Waals surface area contributed by atoms with Crippen LogP contribution in [-0.2, 0) is 6.54 Å². The Labute approximate surface area is 105 Å². The molecule has 1 aromatic heterocycles. The Hall–Kier alpha value is -1.63. The molecule has 0 aromatic carbocycles. The normalized spacial score (nSPS) is 19.1. The van der Waals surface area contributed by atoms with E-state index in [0.29, 0.717) is 18.8 Å². The predicted octanol–water partition coefficient (Wildman–Crippen LogP) is 1.25. The minimum absolute atomic E-state index is 0.0187. The fourth-order valence-electron chi connectivity index (χ4n) is 2.20. The van der Waals surface area contributed by atoms with Crippen molar-refractivity contribution in [1.29, 1.82) is 0 Å². The molecule has 1 fully saturated rings. The molecule has 1 atom stereocenters. The molecule has 2 rings (SSSR count). The second kappa shape index (κ2) is 5.34. The second-order valence-electron chi connectivity index (χ2n) is 4.42. The maximum atomic E-state index is 11.0. The van der Waals surface area contributed by atoms with Crippen molar-refractivity contribution in [3.63, 3.8) is 0 Å². The van der Waals surface area contributed by atoms with Gasteiger partial charge in [0.2, 0.25) is 0 Å². The molecule has 0 bridgehead atoms. The molecule has 7 nitrogen and oxygen atoms in total. The molecule has 7 heteroatoms. The molecule has 1 N–H and O–H groups in total. The van der Waals surface area contributed by atoms with Crippen LogP contribution in [0.15, 0.2) is 0 Å². The summed E-state index contributed by atoms with van der Waals surface area (Å²) in [5.74, 6) is 0.272. The fourth-order valence-corrected chi connectivity index (χ4v) is 2.20. The van der Waals surface area contributed by atoms with E-state index in [0.717, 1.165) is 19.4 Å². The zero-order valence-corrected chi connectivity index (χ0v) is 10.7. The Morgan fingerprint density at radius 2 is 2.44 bits per heavy atom. The average Bonchev–Trinajstić information content (AvgIpc) is 2.92. The third-order valence-electron chi connectivity index (χ3n) is 3.12. The summed E-state index contributed by atoms with van der Waals surface area (Å²) in [6, 6.07) is 0.283. The molecule has 1 unspecified atom stereocenters. The van der Waals surface area contributed by atoms with Gasteiger partial charge in [-0.2, -0.15) is 5.10 Å². The van der Waals surface area contributed by atoms with Crippen molar-refractivity contribution in [2.75, 3.05) is 13.2 Å². The Morgan fingerprint density at radius 1 is 1.67 bits per heavy atom. The summed E-state index contributed by atoms with van der Waals surface area (Å²) in [6.45, 7) is 5.51. The van der Waals surface area contributed by atoms with Crippen molar-refractivity contribution in [1.82, 2.24) is 15.1 Å². The molecule has 2 heterocycles. The van der Waals surface area contributed by atoms with Crippen LogP contribution in [0.4, 0.5) is 5.69 Å². The van der Waals surface area contributed by atoms with Crippen molar-refractivity contribution >= 4 is 5.69 Å². The van der Waals surface area contributed by atoms with Crippen LogP contribution in [-0.4, -0.2) is 33.9 Å². The highest BCUT2D eigenvalue weighted by molar-refractivity contribution is 5.45. The summed E-state index contributed by atoms with van der Waals surface area (Å²) in [7, 11) is 0. The van der Waals surface area contributed by atoms with Gasteiger partial charge in [-0.15, -0.1) is 0 Å². The monoisotopic (exact) mass is 254 g/mol. The molecule has 1 saturated heterocycles. The first kappa shape index (κ1) is 12.8. The first-order chi connectivity index (χ1) is 8.63. The van der Waals surface area contributed by atoms with Gasteiger partial charge in [0.1, 0.15) is 12.3 Å². The number of ether oxygens (including phenoxy) is 1. The van der Waals surface area contributed by atoms with Crippen LogP contribution in [0.1, 0.15) is 25.5 Å². The van der Waals surface area contributed by atoms with Crippen molar-refractivity contribution in [2.24, 2.45) is 0 Å². The van der Waals surface area contributed by atoms with E-state index in [9.17, 15) is 10.1 Å². The fraction of sp³-hybridized carbons (Fsp3) is 0.727. The van der Waals surface area contributed by atoms with Gasteiger partial charge in [-0.1, -0.05) is 0 Å². The Bertz CT molecular complexity index is 438. The number of aromatic nitrogens is 2. The van der Waals surface area contributed by atoms with E-state index in [2.05, 4.69) is 10.4 Å². The zero-order chi connectivity index (χ0) is 13.1. The lowest BCUT2D eigenvalue weighted by Crippen LogP contribution is -2.28. The molecule has 1 aliphatic rings. The average molecular weight is 254 g/mol. The Balaban J connectivity index is 2.15. The second-order valence-corrected chi connectivity index (χ2v) is 4.42. The van der Waals surface area contributed by atoms with E-state index in [1.54, 1.807) is 11.6 Å². The van der Waals surface area contributed by atoms with Gasteiger partial charge < -0.3 is 10.1 Å².